The van der Waals surface area contributed by atoms with Crippen LogP contribution in [0.5, 0.6) is 0 Å². The summed E-state index contributed by atoms with van der Waals surface area (Å²) in [4.78, 5) is 2.42. The van der Waals surface area contributed by atoms with Gasteiger partial charge in [0.25, 0.3) is 0 Å². The predicted octanol–water partition coefficient (Wildman–Crippen LogP) is 2.27. The summed E-state index contributed by atoms with van der Waals surface area (Å²) < 4.78 is 0. The molecule has 0 spiro atoms. The van der Waals surface area contributed by atoms with Gasteiger partial charge in [0, 0.05) is 24.3 Å². The van der Waals surface area contributed by atoms with E-state index in [1.165, 1.54) is 24.9 Å². The van der Waals surface area contributed by atoms with Gasteiger partial charge in [-0.05, 0) is 49.9 Å². The summed E-state index contributed by atoms with van der Waals surface area (Å²) in [5.41, 5.74) is 8.72. The average Bonchev–Trinajstić information content (AvgIpc) is 2.29. The predicted molar refractivity (Wildman–Crippen MR) is 68.3 cm³/mol. The highest BCUT2D eigenvalue weighted by Gasteiger charge is 2.12. The number of nitrogens with one attached hydrogen (secondary N) is 1. The van der Waals surface area contributed by atoms with Crippen molar-refractivity contribution in [2.45, 2.75) is 26.2 Å². The topological polar surface area (TPSA) is 53.1 Å². The van der Waals surface area contributed by atoms with E-state index in [1.807, 2.05) is 13.0 Å². The van der Waals surface area contributed by atoms with E-state index in [2.05, 4.69) is 17.0 Å². The number of aryl methyl sites for hydroxylation is 1. The van der Waals surface area contributed by atoms with Crippen LogP contribution in [0, 0.1) is 12.3 Å². The van der Waals surface area contributed by atoms with E-state index < -0.39 is 0 Å². The van der Waals surface area contributed by atoms with Crippen molar-refractivity contribution in [3.05, 3.63) is 29.3 Å². The second-order valence-corrected chi connectivity index (χ2v) is 4.46. The summed E-state index contributed by atoms with van der Waals surface area (Å²) in [7, 11) is 0. The van der Waals surface area contributed by atoms with E-state index in [9.17, 15) is 0 Å². The number of hydrogen-bond acceptors (Lipinski definition) is 2. The van der Waals surface area contributed by atoms with Gasteiger partial charge in [-0.25, -0.2) is 0 Å². The van der Waals surface area contributed by atoms with Crippen LogP contribution in [0.15, 0.2) is 18.2 Å². The third kappa shape index (κ3) is 2.18. The second kappa shape index (κ2) is 4.56. The number of nitrogen functional groups attached to an aromatic ring is 1. The SMILES string of the molecule is Cc1cc(N2CCCCC2)ccc1C(=N)N. The van der Waals surface area contributed by atoms with E-state index in [-0.39, 0.29) is 5.84 Å². The minimum atomic E-state index is 0.155. The lowest BCUT2D eigenvalue weighted by atomic mass is 10.0. The fourth-order valence-electron chi connectivity index (χ4n) is 2.30. The Balaban J connectivity index is 2.23. The van der Waals surface area contributed by atoms with Crippen molar-refractivity contribution < 1.29 is 0 Å². The first-order chi connectivity index (χ1) is 7.68. The number of nitrogens with two attached hydrogens (primary N) is 1. The third-order valence-electron chi connectivity index (χ3n) is 3.22. The molecule has 2 rings (SSSR count). The molecular formula is C13H19N3. The number of rotatable bonds is 2. The minimum absolute atomic E-state index is 0.155. The van der Waals surface area contributed by atoms with Crippen molar-refractivity contribution in [2.24, 2.45) is 5.73 Å². The lowest BCUT2D eigenvalue weighted by Gasteiger charge is -2.29. The van der Waals surface area contributed by atoms with Crippen molar-refractivity contribution in [1.29, 1.82) is 5.41 Å². The molecule has 1 aromatic carbocycles. The Kier molecular flexibility index (Phi) is 3.13. The molecule has 0 saturated carbocycles. The molecule has 16 heavy (non-hydrogen) atoms. The Morgan fingerprint density at radius 3 is 2.50 bits per heavy atom. The Morgan fingerprint density at radius 2 is 1.94 bits per heavy atom. The molecule has 3 heteroatoms. The third-order valence-corrected chi connectivity index (χ3v) is 3.22. The van der Waals surface area contributed by atoms with Crippen molar-refractivity contribution in [1.82, 2.24) is 0 Å². The fourth-order valence-corrected chi connectivity index (χ4v) is 2.30. The summed E-state index contributed by atoms with van der Waals surface area (Å²) >= 11 is 0. The molecule has 0 bridgehead atoms. The van der Waals surface area contributed by atoms with Crippen LogP contribution in [0.3, 0.4) is 0 Å². The van der Waals surface area contributed by atoms with Gasteiger partial charge in [0.15, 0.2) is 0 Å². The zero-order valence-corrected chi connectivity index (χ0v) is 9.79. The van der Waals surface area contributed by atoms with Gasteiger partial charge < -0.3 is 10.6 Å². The Morgan fingerprint density at radius 1 is 1.25 bits per heavy atom. The molecule has 3 nitrogen and oxygen atoms in total. The fraction of sp³-hybridized carbons (Fsp3) is 0.462. The van der Waals surface area contributed by atoms with E-state index in [0.29, 0.717) is 0 Å². The molecule has 3 N–H and O–H groups in total. The van der Waals surface area contributed by atoms with Gasteiger partial charge in [0.05, 0.1) is 0 Å². The summed E-state index contributed by atoms with van der Waals surface area (Å²) in [5, 5.41) is 7.46. The number of nitrogens with zero attached hydrogens (tertiary/aromatic N) is 1. The smallest absolute Gasteiger partial charge is 0.123 e. The molecule has 0 aliphatic carbocycles. The molecule has 0 radical (unpaired) electrons. The molecular weight excluding hydrogens is 198 g/mol. The number of amidine groups is 1. The minimum Gasteiger partial charge on any atom is -0.384 e. The first-order valence-electron chi connectivity index (χ1n) is 5.88. The van der Waals surface area contributed by atoms with Crippen LogP contribution in [0.25, 0.3) is 0 Å². The standard InChI is InChI=1S/C13H19N3/c1-10-9-11(5-6-12(10)13(14)15)16-7-3-2-4-8-16/h5-6,9H,2-4,7-8H2,1H3,(H3,14,15). The van der Waals surface area contributed by atoms with Gasteiger partial charge in [-0.15, -0.1) is 0 Å². The Hall–Kier alpha value is -1.51. The highest BCUT2D eigenvalue weighted by molar-refractivity contribution is 5.96. The van der Waals surface area contributed by atoms with Crippen LogP contribution in [0.2, 0.25) is 0 Å². The molecule has 0 aromatic heterocycles. The maximum atomic E-state index is 7.46. The van der Waals surface area contributed by atoms with E-state index >= 15 is 0 Å². The normalized spacial score (nSPS) is 16.2. The van der Waals surface area contributed by atoms with E-state index in [0.717, 1.165) is 24.2 Å². The van der Waals surface area contributed by atoms with Crippen LogP contribution in [-0.4, -0.2) is 18.9 Å². The van der Waals surface area contributed by atoms with Crippen LogP contribution in [0.1, 0.15) is 30.4 Å². The maximum Gasteiger partial charge on any atom is 0.123 e. The molecule has 86 valence electrons. The van der Waals surface area contributed by atoms with Crippen LogP contribution >= 0.6 is 0 Å². The average molecular weight is 217 g/mol. The van der Waals surface area contributed by atoms with Crippen LogP contribution in [0.4, 0.5) is 5.69 Å². The second-order valence-electron chi connectivity index (χ2n) is 4.46. The molecule has 1 saturated heterocycles. The zero-order chi connectivity index (χ0) is 11.5. The van der Waals surface area contributed by atoms with Gasteiger partial charge in [0.2, 0.25) is 0 Å². The highest BCUT2D eigenvalue weighted by Crippen LogP contribution is 2.22. The Labute approximate surface area is 96.8 Å². The maximum absolute atomic E-state index is 7.46. The quantitative estimate of drug-likeness (QED) is 0.590. The van der Waals surface area contributed by atoms with Gasteiger partial charge in [-0.2, -0.15) is 0 Å². The Bertz CT molecular complexity index is 392. The summed E-state index contributed by atoms with van der Waals surface area (Å²) in [5.74, 6) is 0.155. The van der Waals surface area contributed by atoms with Crippen molar-refractivity contribution in [3.8, 4) is 0 Å². The van der Waals surface area contributed by atoms with Gasteiger partial charge >= 0.3 is 0 Å². The molecule has 0 amide bonds. The molecule has 1 fully saturated rings. The van der Waals surface area contributed by atoms with Gasteiger partial charge in [-0.1, -0.05) is 0 Å². The summed E-state index contributed by atoms with van der Waals surface area (Å²) in [6.07, 6.45) is 3.92. The summed E-state index contributed by atoms with van der Waals surface area (Å²) in [6, 6.07) is 6.18. The monoisotopic (exact) mass is 217 g/mol. The number of benzene rings is 1. The van der Waals surface area contributed by atoms with Crippen molar-refractivity contribution >= 4 is 11.5 Å². The van der Waals surface area contributed by atoms with Crippen molar-refractivity contribution in [2.75, 3.05) is 18.0 Å². The first-order valence-corrected chi connectivity index (χ1v) is 5.88. The molecule has 1 aliphatic rings. The van der Waals surface area contributed by atoms with Crippen molar-refractivity contribution in [3.63, 3.8) is 0 Å². The molecule has 1 aromatic rings. The van der Waals surface area contributed by atoms with Crippen LogP contribution in [-0.2, 0) is 0 Å². The number of hydrogen-bond donors (Lipinski definition) is 2. The number of anilines is 1. The highest BCUT2D eigenvalue weighted by atomic mass is 15.1. The van der Waals surface area contributed by atoms with E-state index in [4.69, 9.17) is 11.1 Å². The molecule has 0 atom stereocenters. The molecule has 1 heterocycles. The lowest BCUT2D eigenvalue weighted by molar-refractivity contribution is 0.578. The van der Waals surface area contributed by atoms with Gasteiger partial charge in [-0.3, -0.25) is 5.41 Å². The van der Waals surface area contributed by atoms with Crippen LogP contribution < -0.4 is 10.6 Å². The largest absolute Gasteiger partial charge is 0.384 e. The molecule has 0 unspecified atom stereocenters. The summed E-state index contributed by atoms with van der Waals surface area (Å²) in [6.45, 7) is 4.32. The van der Waals surface area contributed by atoms with E-state index in [1.54, 1.807) is 0 Å². The lowest BCUT2D eigenvalue weighted by Crippen LogP contribution is -2.29. The first kappa shape index (κ1) is 11.0. The number of piperidine rings is 1. The van der Waals surface area contributed by atoms with Gasteiger partial charge in [0.1, 0.15) is 5.84 Å². The molecule has 1 aliphatic heterocycles. The zero-order valence-electron chi connectivity index (χ0n) is 9.79.